The average molecular weight is 311 g/mol. The number of ether oxygens (including phenoxy) is 1. The fraction of sp³-hybridized carbons (Fsp3) is 0.647. The number of hydrogen-bond acceptors (Lipinski definition) is 3. The Kier molecular flexibility index (Phi) is 7.82. The highest BCUT2D eigenvalue weighted by Gasteiger charge is 2.26. The molecule has 0 N–H and O–H groups in total. The lowest BCUT2D eigenvalue weighted by Crippen LogP contribution is -2.38. The van der Waals surface area contributed by atoms with Gasteiger partial charge in [0.15, 0.2) is 0 Å². The van der Waals surface area contributed by atoms with E-state index < -0.39 is 8.56 Å². The van der Waals surface area contributed by atoms with Crippen molar-refractivity contribution in [1.82, 2.24) is 0 Å². The summed E-state index contributed by atoms with van der Waals surface area (Å²) < 4.78 is 17.6. The topological polar surface area (TPSA) is 27.7 Å². The molecule has 0 bridgehead atoms. The van der Waals surface area contributed by atoms with Gasteiger partial charge in [-0.15, -0.1) is 0 Å². The predicted molar refractivity (Wildman–Crippen MR) is 90.4 cm³/mol. The standard InChI is InChI=1S/C17H30O3Si/c1-6-7-8-9-14-18-21(4,5)20-17-12-10-16(11-13-17)19-15(2)3/h10-13,15H,6-9,14H2,1-5H3. The van der Waals surface area contributed by atoms with Crippen molar-refractivity contribution in [3.8, 4) is 11.5 Å². The number of hydrogen-bond donors (Lipinski definition) is 0. The quantitative estimate of drug-likeness (QED) is 0.442. The maximum Gasteiger partial charge on any atom is 0.392 e. The molecule has 0 saturated heterocycles. The van der Waals surface area contributed by atoms with Crippen molar-refractivity contribution in [1.29, 1.82) is 0 Å². The van der Waals surface area contributed by atoms with Crippen LogP contribution in [0.15, 0.2) is 24.3 Å². The average Bonchev–Trinajstić information content (AvgIpc) is 2.40. The van der Waals surface area contributed by atoms with Crippen LogP contribution < -0.4 is 9.16 Å². The molecular formula is C17H30O3Si. The first-order chi connectivity index (χ1) is 9.93. The van der Waals surface area contributed by atoms with Gasteiger partial charge in [0.05, 0.1) is 6.10 Å². The molecule has 0 aliphatic heterocycles. The van der Waals surface area contributed by atoms with Crippen LogP contribution in [0.25, 0.3) is 0 Å². The second-order valence-corrected chi connectivity index (χ2v) is 9.34. The molecule has 0 amide bonds. The van der Waals surface area contributed by atoms with Crippen LogP contribution in [0.1, 0.15) is 46.5 Å². The molecule has 0 aromatic heterocycles. The molecule has 0 spiro atoms. The molecule has 4 heteroatoms. The van der Waals surface area contributed by atoms with Gasteiger partial charge in [-0.25, -0.2) is 0 Å². The van der Waals surface area contributed by atoms with Crippen LogP contribution >= 0.6 is 0 Å². The van der Waals surface area contributed by atoms with E-state index in [1.165, 1.54) is 19.3 Å². The summed E-state index contributed by atoms with van der Waals surface area (Å²) in [5, 5.41) is 0. The molecule has 1 rings (SSSR count). The van der Waals surface area contributed by atoms with Crippen molar-refractivity contribution in [3.63, 3.8) is 0 Å². The minimum absolute atomic E-state index is 0.189. The highest BCUT2D eigenvalue weighted by Crippen LogP contribution is 2.22. The van der Waals surface area contributed by atoms with Gasteiger partial charge in [0.1, 0.15) is 11.5 Å². The highest BCUT2D eigenvalue weighted by molar-refractivity contribution is 6.65. The van der Waals surface area contributed by atoms with Crippen molar-refractivity contribution in [2.45, 2.75) is 65.7 Å². The third-order valence-electron chi connectivity index (χ3n) is 3.01. The Hall–Kier alpha value is -1.00. The third kappa shape index (κ3) is 8.12. The summed E-state index contributed by atoms with van der Waals surface area (Å²) in [6, 6.07) is 7.79. The largest absolute Gasteiger partial charge is 0.520 e. The van der Waals surface area contributed by atoms with Gasteiger partial charge >= 0.3 is 8.56 Å². The van der Waals surface area contributed by atoms with E-state index in [9.17, 15) is 0 Å². The lowest BCUT2D eigenvalue weighted by atomic mass is 10.2. The van der Waals surface area contributed by atoms with Crippen LogP contribution in [-0.4, -0.2) is 21.3 Å². The zero-order chi connectivity index (χ0) is 15.7. The Labute approximate surface area is 130 Å². The molecule has 0 aliphatic carbocycles. The maximum absolute atomic E-state index is 6.03. The third-order valence-corrected chi connectivity index (χ3v) is 4.63. The van der Waals surface area contributed by atoms with Crippen LogP contribution in [0.4, 0.5) is 0 Å². The molecule has 1 aromatic carbocycles. The first-order valence-corrected chi connectivity index (χ1v) is 10.8. The van der Waals surface area contributed by atoms with Gasteiger partial charge in [-0.3, -0.25) is 0 Å². The van der Waals surface area contributed by atoms with Crippen LogP contribution in [-0.2, 0) is 4.43 Å². The lowest BCUT2D eigenvalue weighted by molar-refractivity contribution is 0.237. The predicted octanol–water partition coefficient (Wildman–Crippen LogP) is 5.15. The summed E-state index contributed by atoms with van der Waals surface area (Å²) in [5.74, 6) is 1.73. The molecular weight excluding hydrogens is 280 g/mol. The van der Waals surface area contributed by atoms with Crippen molar-refractivity contribution in [2.24, 2.45) is 0 Å². The Morgan fingerprint density at radius 2 is 1.57 bits per heavy atom. The minimum atomic E-state index is -2.09. The van der Waals surface area contributed by atoms with E-state index in [1.807, 2.05) is 38.1 Å². The molecule has 0 atom stereocenters. The Bertz CT molecular complexity index is 388. The number of unbranched alkanes of at least 4 members (excludes halogenated alkanes) is 3. The fourth-order valence-electron chi connectivity index (χ4n) is 2.02. The van der Waals surface area contributed by atoms with Gasteiger partial charge in [-0.2, -0.15) is 0 Å². The van der Waals surface area contributed by atoms with Gasteiger partial charge in [0.2, 0.25) is 0 Å². The molecule has 1 aromatic rings. The molecule has 0 saturated carbocycles. The minimum Gasteiger partial charge on any atom is -0.520 e. The first-order valence-electron chi connectivity index (χ1n) is 8.02. The monoisotopic (exact) mass is 310 g/mol. The van der Waals surface area contributed by atoms with Crippen LogP contribution in [0.5, 0.6) is 11.5 Å². The Balaban J connectivity index is 2.39. The summed E-state index contributed by atoms with van der Waals surface area (Å²) in [4.78, 5) is 0. The Morgan fingerprint density at radius 1 is 0.952 bits per heavy atom. The molecule has 0 unspecified atom stereocenters. The smallest absolute Gasteiger partial charge is 0.392 e. The van der Waals surface area contributed by atoms with Crippen molar-refractivity contribution in [2.75, 3.05) is 6.61 Å². The summed E-state index contributed by atoms with van der Waals surface area (Å²) >= 11 is 0. The number of rotatable bonds is 10. The normalized spacial score (nSPS) is 11.7. The van der Waals surface area contributed by atoms with Crippen LogP contribution in [0.3, 0.4) is 0 Å². The van der Waals surface area contributed by atoms with E-state index >= 15 is 0 Å². The van der Waals surface area contributed by atoms with Gasteiger partial charge in [0, 0.05) is 6.61 Å². The summed E-state index contributed by atoms with van der Waals surface area (Å²) in [6.07, 6.45) is 5.08. The summed E-state index contributed by atoms with van der Waals surface area (Å²) in [7, 11) is -2.09. The van der Waals surface area contributed by atoms with Crippen LogP contribution in [0.2, 0.25) is 13.1 Å². The molecule has 120 valence electrons. The van der Waals surface area contributed by atoms with E-state index in [0.717, 1.165) is 24.5 Å². The maximum atomic E-state index is 6.03. The van der Waals surface area contributed by atoms with Gasteiger partial charge in [-0.1, -0.05) is 26.2 Å². The zero-order valence-electron chi connectivity index (χ0n) is 14.1. The molecule has 0 radical (unpaired) electrons. The van der Waals surface area contributed by atoms with E-state index in [0.29, 0.717) is 0 Å². The van der Waals surface area contributed by atoms with E-state index in [4.69, 9.17) is 13.6 Å². The SMILES string of the molecule is CCCCCCO[Si](C)(C)Oc1ccc(OC(C)C)cc1. The summed E-state index contributed by atoms with van der Waals surface area (Å²) in [6.45, 7) is 11.2. The Morgan fingerprint density at radius 3 is 2.14 bits per heavy atom. The van der Waals surface area contributed by atoms with Crippen molar-refractivity contribution >= 4 is 8.56 Å². The van der Waals surface area contributed by atoms with E-state index in [-0.39, 0.29) is 6.10 Å². The highest BCUT2D eigenvalue weighted by atomic mass is 28.4. The van der Waals surface area contributed by atoms with Gasteiger partial charge in [0.25, 0.3) is 0 Å². The van der Waals surface area contributed by atoms with Gasteiger partial charge < -0.3 is 13.6 Å². The van der Waals surface area contributed by atoms with Crippen LogP contribution in [0, 0.1) is 0 Å². The number of benzene rings is 1. The van der Waals surface area contributed by atoms with E-state index in [2.05, 4.69) is 20.0 Å². The second kappa shape index (κ2) is 9.10. The molecule has 0 aliphatic rings. The lowest BCUT2D eigenvalue weighted by Gasteiger charge is -2.24. The second-order valence-electron chi connectivity index (χ2n) is 6.05. The molecule has 0 fully saturated rings. The van der Waals surface area contributed by atoms with Crippen molar-refractivity contribution < 1.29 is 13.6 Å². The molecule has 3 nitrogen and oxygen atoms in total. The molecule has 21 heavy (non-hydrogen) atoms. The van der Waals surface area contributed by atoms with Crippen molar-refractivity contribution in [3.05, 3.63) is 24.3 Å². The fourth-order valence-corrected chi connectivity index (χ4v) is 3.42. The first kappa shape index (κ1) is 18.0. The zero-order valence-corrected chi connectivity index (χ0v) is 15.1. The van der Waals surface area contributed by atoms with Gasteiger partial charge in [-0.05, 0) is 57.6 Å². The molecule has 0 heterocycles. The summed E-state index contributed by atoms with van der Waals surface area (Å²) in [5.41, 5.74) is 0. The van der Waals surface area contributed by atoms with E-state index in [1.54, 1.807) is 0 Å².